The van der Waals surface area contributed by atoms with Crippen molar-refractivity contribution < 1.29 is 13.2 Å². The molecule has 128 valence electrons. The van der Waals surface area contributed by atoms with Crippen molar-refractivity contribution in [3.63, 3.8) is 0 Å². The molecule has 23 heavy (non-hydrogen) atoms. The van der Waals surface area contributed by atoms with Crippen LogP contribution in [0.3, 0.4) is 0 Å². The maximum Gasteiger partial charge on any atom is 0.270 e. The van der Waals surface area contributed by atoms with Crippen LogP contribution in [0.25, 0.3) is 0 Å². The van der Waals surface area contributed by atoms with Crippen molar-refractivity contribution in [2.45, 2.75) is 33.2 Å². The molecule has 1 atom stereocenters. The summed E-state index contributed by atoms with van der Waals surface area (Å²) in [5.41, 5.74) is 0.301. The number of carbonyl (C=O) groups excluding carboxylic acids is 1. The predicted octanol–water partition coefficient (Wildman–Crippen LogP) is 0.876. The molecule has 1 N–H and O–H groups in total. The Morgan fingerprint density at radius 3 is 2.74 bits per heavy atom. The molecule has 1 amide bonds. The zero-order valence-electron chi connectivity index (χ0n) is 13.8. The number of amides is 1. The Hall–Kier alpha value is -1.70. The van der Waals surface area contributed by atoms with Gasteiger partial charge < -0.3 is 10.2 Å². The summed E-state index contributed by atoms with van der Waals surface area (Å²) < 4.78 is 23.4. The lowest BCUT2D eigenvalue weighted by molar-refractivity contribution is 0.0944. The van der Waals surface area contributed by atoms with Gasteiger partial charge in [-0.3, -0.25) is 4.79 Å². The van der Waals surface area contributed by atoms with Crippen LogP contribution in [-0.4, -0.2) is 54.9 Å². The van der Waals surface area contributed by atoms with Gasteiger partial charge in [0.05, 0.1) is 11.5 Å². The second-order valence-electron chi connectivity index (χ2n) is 6.21. The van der Waals surface area contributed by atoms with Crippen LogP contribution in [0.5, 0.6) is 0 Å². The van der Waals surface area contributed by atoms with E-state index in [0.29, 0.717) is 36.9 Å². The van der Waals surface area contributed by atoms with Gasteiger partial charge in [-0.25, -0.2) is 18.4 Å². The van der Waals surface area contributed by atoms with E-state index >= 15 is 0 Å². The van der Waals surface area contributed by atoms with Gasteiger partial charge in [0, 0.05) is 25.2 Å². The van der Waals surface area contributed by atoms with Gasteiger partial charge in [0.25, 0.3) is 5.91 Å². The first-order valence-electron chi connectivity index (χ1n) is 7.89. The Morgan fingerprint density at radius 2 is 2.17 bits per heavy atom. The minimum absolute atomic E-state index is 0.0912. The van der Waals surface area contributed by atoms with Crippen molar-refractivity contribution in [2.75, 3.05) is 29.5 Å². The lowest BCUT2D eigenvalue weighted by Crippen LogP contribution is -2.37. The molecule has 1 aliphatic rings. The van der Waals surface area contributed by atoms with Crippen molar-refractivity contribution in [1.29, 1.82) is 0 Å². The van der Waals surface area contributed by atoms with E-state index in [-0.39, 0.29) is 23.5 Å². The normalized spacial score (nSPS) is 19.7. The molecule has 7 nitrogen and oxygen atoms in total. The first-order valence-corrected chi connectivity index (χ1v) is 9.72. The summed E-state index contributed by atoms with van der Waals surface area (Å²) in [6.07, 6.45) is 1.95. The van der Waals surface area contributed by atoms with Crippen molar-refractivity contribution in [2.24, 2.45) is 5.92 Å². The van der Waals surface area contributed by atoms with Gasteiger partial charge >= 0.3 is 0 Å². The number of aromatic nitrogens is 2. The summed E-state index contributed by atoms with van der Waals surface area (Å²) in [6, 6.07) is 1.54. The van der Waals surface area contributed by atoms with Gasteiger partial charge in [0.15, 0.2) is 9.84 Å². The summed E-state index contributed by atoms with van der Waals surface area (Å²) in [4.78, 5) is 22.3. The number of nitrogens with one attached hydrogen (secondary N) is 1. The van der Waals surface area contributed by atoms with Gasteiger partial charge in [0.2, 0.25) is 0 Å². The lowest BCUT2D eigenvalue weighted by atomic mass is 10.2. The van der Waals surface area contributed by atoms with E-state index in [2.05, 4.69) is 15.3 Å². The predicted molar refractivity (Wildman–Crippen MR) is 89.3 cm³/mol. The third kappa shape index (κ3) is 4.63. The fourth-order valence-corrected chi connectivity index (χ4v) is 4.37. The topological polar surface area (TPSA) is 92.3 Å². The van der Waals surface area contributed by atoms with Crippen LogP contribution < -0.4 is 10.2 Å². The average Bonchev–Trinajstić information content (AvgIpc) is 2.86. The van der Waals surface area contributed by atoms with E-state index in [1.54, 1.807) is 6.07 Å². The molecule has 8 heteroatoms. The number of hydrogen-bond donors (Lipinski definition) is 1. The minimum Gasteiger partial charge on any atom is -0.353 e. The van der Waals surface area contributed by atoms with Gasteiger partial charge in [-0.05, 0) is 19.3 Å². The Bertz CT molecular complexity index is 660. The SMILES string of the molecule is CCN(c1cc(C(=O)NCC(C)C)ncn1)C1CCS(=O)(=O)C1. The summed E-state index contributed by atoms with van der Waals surface area (Å²) >= 11 is 0. The summed E-state index contributed by atoms with van der Waals surface area (Å²) in [6.45, 7) is 7.20. The van der Waals surface area contributed by atoms with Crippen molar-refractivity contribution in [3.8, 4) is 0 Å². The van der Waals surface area contributed by atoms with E-state index < -0.39 is 9.84 Å². The molecule has 1 unspecified atom stereocenters. The zero-order chi connectivity index (χ0) is 17.0. The molecule has 1 fully saturated rings. The Morgan fingerprint density at radius 1 is 1.43 bits per heavy atom. The Kier molecular flexibility index (Phi) is 5.56. The molecule has 0 aromatic carbocycles. The zero-order valence-corrected chi connectivity index (χ0v) is 14.6. The summed E-state index contributed by atoms with van der Waals surface area (Å²) in [5.74, 6) is 1.06. The Balaban J connectivity index is 2.15. The van der Waals surface area contributed by atoms with Crippen molar-refractivity contribution in [3.05, 3.63) is 18.1 Å². The van der Waals surface area contributed by atoms with Crippen LogP contribution in [0, 0.1) is 5.92 Å². The van der Waals surface area contributed by atoms with Gasteiger partial charge in [-0.15, -0.1) is 0 Å². The fourth-order valence-electron chi connectivity index (χ4n) is 2.64. The number of nitrogens with zero attached hydrogens (tertiary/aromatic N) is 3. The highest BCUT2D eigenvalue weighted by Gasteiger charge is 2.32. The van der Waals surface area contributed by atoms with Crippen molar-refractivity contribution in [1.82, 2.24) is 15.3 Å². The molecule has 1 aromatic rings. The molecule has 0 radical (unpaired) electrons. The van der Waals surface area contributed by atoms with Crippen LogP contribution >= 0.6 is 0 Å². The molecule has 1 aliphatic heterocycles. The largest absolute Gasteiger partial charge is 0.353 e. The molecule has 1 aromatic heterocycles. The van der Waals surface area contributed by atoms with Crippen LogP contribution in [0.15, 0.2) is 12.4 Å². The summed E-state index contributed by atoms with van der Waals surface area (Å²) in [7, 11) is -2.97. The Labute approximate surface area is 137 Å². The van der Waals surface area contributed by atoms with E-state index in [1.807, 2.05) is 25.7 Å². The van der Waals surface area contributed by atoms with Crippen LogP contribution in [-0.2, 0) is 9.84 Å². The highest BCUT2D eigenvalue weighted by atomic mass is 32.2. The molecule has 0 bridgehead atoms. The van der Waals surface area contributed by atoms with Crippen LogP contribution in [0.2, 0.25) is 0 Å². The number of rotatable bonds is 6. The molecule has 0 spiro atoms. The quantitative estimate of drug-likeness (QED) is 0.826. The third-order valence-corrected chi connectivity index (χ3v) is 5.59. The number of carbonyl (C=O) groups is 1. The average molecular weight is 340 g/mol. The van der Waals surface area contributed by atoms with E-state index in [1.165, 1.54) is 6.33 Å². The maximum atomic E-state index is 12.1. The number of anilines is 1. The molecule has 0 saturated carbocycles. The van der Waals surface area contributed by atoms with Gasteiger partial charge in [0.1, 0.15) is 17.8 Å². The molecule has 2 heterocycles. The number of hydrogen-bond acceptors (Lipinski definition) is 6. The maximum absolute atomic E-state index is 12.1. The van der Waals surface area contributed by atoms with E-state index in [4.69, 9.17) is 0 Å². The first-order chi connectivity index (χ1) is 10.8. The van der Waals surface area contributed by atoms with E-state index in [9.17, 15) is 13.2 Å². The molecule has 0 aliphatic carbocycles. The molecule has 1 saturated heterocycles. The van der Waals surface area contributed by atoms with E-state index in [0.717, 1.165) is 0 Å². The molecular weight excluding hydrogens is 316 g/mol. The third-order valence-electron chi connectivity index (χ3n) is 3.84. The highest BCUT2D eigenvalue weighted by Crippen LogP contribution is 2.22. The molecule has 2 rings (SSSR count). The van der Waals surface area contributed by atoms with Crippen LogP contribution in [0.1, 0.15) is 37.7 Å². The minimum atomic E-state index is -2.97. The van der Waals surface area contributed by atoms with Gasteiger partial charge in [-0.2, -0.15) is 0 Å². The lowest BCUT2D eigenvalue weighted by Gasteiger charge is -2.27. The monoisotopic (exact) mass is 340 g/mol. The smallest absolute Gasteiger partial charge is 0.270 e. The standard InChI is InChI=1S/C15H24N4O3S/c1-4-19(12-5-6-23(21,22)9-12)14-7-13(17-10-18-14)15(20)16-8-11(2)3/h7,10-12H,4-6,8-9H2,1-3H3,(H,16,20). The van der Waals surface area contributed by atoms with Gasteiger partial charge in [-0.1, -0.05) is 13.8 Å². The second kappa shape index (κ2) is 7.25. The first kappa shape index (κ1) is 17.7. The fraction of sp³-hybridized carbons (Fsp3) is 0.667. The number of sulfone groups is 1. The highest BCUT2D eigenvalue weighted by molar-refractivity contribution is 7.91. The van der Waals surface area contributed by atoms with Crippen molar-refractivity contribution >= 4 is 21.6 Å². The summed E-state index contributed by atoms with van der Waals surface area (Å²) in [5, 5.41) is 2.82. The molecular formula is C15H24N4O3S. The second-order valence-corrected chi connectivity index (χ2v) is 8.44. The van der Waals surface area contributed by atoms with Crippen LogP contribution in [0.4, 0.5) is 5.82 Å².